The summed E-state index contributed by atoms with van der Waals surface area (Å²) in [6.07, 6.45) is 2.11. The Morgan fingerprint density at radius 3 is 2.67 bits per heavy atom. The van der Waals surface area contributed by atoms with Crippen LogP contribution in [0.3, 0.4) is 0 Å². The highest BCUT2D eigenvalue weighted by molar-refractivity contribution is 6.03. The van der Waals surface area contributed by atoms with Gasteiger partial charge in [0.05, 0.1) is 11.8 Å². The first-order chi connectivity index (χ1) is 10.1. The van der Waals surface area contributed by atoms with Crippen molar-refractivity contribution in [3.8, 4) is 0 Å². The Kier molecular flexibility index (Phi) is 3.21. The lowest BCUT2D eigenvalue weighted by Crippen LogP contribution is -2.36. The number of hydrogen-bond donors (Lipinski definition) is 1. The maximum Gasteiger partial charge on any atom is 0.354 e. The molecule has 1 aromatic carbocycles. The standard InChI is InChI=1S/C15H15N3O3/c1-17-13(15(20)21)12(8-16-17)14(19)18-7-6-10-4-2-3-5-11(10)9-18/h2-5,8H,6-7,9H2,1H3,(H,20,21). The molecule has 3 rings (SSSR count). The number of carboxylic acids is 1. The molecule has 108 valence electrons. The highest BCUT2D eigenvalue weighted by Crippen LogP contribution is 2.21. The minimum Gasteiger partial charge on any atom is -0.477 e. The third-order valence-corrected chi connectivity index (χ3v) is 3.79. The van der Waals surface area contributed by atoms with Gasteiger partial charge >= 0.3 is 5.97 Å². The van der Waals surface area contributed by atoms with Crippen LogP contribution in [0.4, 0.5) is 0 Å². The zero-order valence-electron chi connectivity index (χ0n) is 11.6. The van der Waals surface area contributed by atoms with Crippen LogP contribution in [0.5, 0.6) is 0 Å². The summed E-state index contributed by atoms with van der Waals surface area (Å²) in [4.78, 5) is 25.5. The third kappa shape index (κ3) is 2.29. The van der Waals surface area contributed by atoms with E-state index in [0.717, 1.165) is 12.0 Å². The molecule has 0 radical (unpaired) electrons. The average Bonchev–Trinajstić information content (AvgIpc) is 2.88. The van der Waals surface area contributed by atoms with E-state index in [4.69, 9.17) is 0 Å². The van der Waals surface area contributed by atoms with Gasteiger partial charge in [0.2, 0.25) is 0 Å². The molecule has 6 heteroatoms. The summed E-state index contributed by atoms with van der Waals surface area (Å²) in [6.45, 7) is 1.09. The van der Waals surface area contributed by atoms with E-state index in [2.05, 4.69) is 11.2 Å². The first-order valence-electron chi connectivity index (χ1n) is 6.69. The molecule has 1 amide bonds. The Morgan fingerprint density at radius 1 is 1.24 bits per heavy atom. The van der Waals surface area contributed by atoms with Crippen LogP contribution in [-0.4, -0.2) is 38.2 Å². The summed E-state index contributed by atoms with van der Waals surface area (Å²) in [5.74, 6) is -1.43. The number of aromatic nitrogens is 2. The summed E-state index contributed by atoms with van der Waals surface area (Å²) in [5, 5.41) is 13.1. The lowest BCUT2D eigenvalue weighted by Gasteiger charge is -2.28. The smallest absolute Gasteiger partial charge is 0.354 e. The average molecular weight is 285 g/mol. The van der Waals surface area contributed by atoms with Gasteiger partial charge in [0.25, 0.3) is 5.91 Å². The number of carboxylic acid groups (broad SMARTS) is 1. The fourth-order valence-corrected chi connectivity index (χ4v) is 2.69. The highest BCUT2D eigenvalue weighted by atomic mass is 16.4. The van der Waals surface area contributed by atoms with Gasteiger partial charge in [0, 0.05) is 20.1 Å². The molecule has 0 unspecified atom stereocenters. The monoisotopic (exact) mass is 285 g/mol. The Hall–Kier alpha value is -2.63. The summed E-state index contributed by atoms with van der Waals surface area (Å²) < 4.78 is 1.22. The third-order valence-electron chi connectivity index (χ3n) is 3.79. The summed E-state index contributed by atoms with van der Waals surface area (Å²) in [5.41, 5.74) is 2.42. The van der Waals surface area contributed by atoms with E-state index < -0.39 is 5.97 Å². The zero-order chi connectivity index (χ0) is 15.0. The lowest BCUT2D eigenvalue weighted by atomic mass is 9.99. The molecule has 6 nitrogen and oxygen atoms in total. The van der Waals surface area contributed by atoms with Crippen LogP contribution in [0.15, 0.2) is 30.5 Å². The van der Waals surface area contributed by atoms with Crippen LogP contribution in [-0.2, 0) is 20.0 Å². The molecule has 1 aromatic heterocycles. The lowest BCUT2D eigenvalue weighted by molar-refractivity contribution is 0.0660. The summed E-state index contributed by atoms with van der Waals surface area (Å²) >= 11 is 0. The van der Waals surface area contributed by atoms with Gasteiger partial charge < -0.3 is 10.0 Å². The van der Waals surface area contributed by atoms with E-state index in [1.807, 2.05) is 18.2 Å². The second-order valence-corrected chi connectivity index (χ2v) is 5.08. The molecule has 0 atom stereocenters. The van der Waals surface area contributed by atoms with Crippen LogP contribution in [0.2, 0.25) is 0 Å². The first kappa shape index (κ1) is 13.4. The van der Waals surface area contributed by atoms with Crippen molar-refractivity contribution in [2.45, 2.75) is 13.0 Å². The Balaban J connectivity index is 1.89. The van der Waals surface area contributed by atoms with Crippen LogP contribution in [0.25, 0.3) is 0 Å². The molecule has 2 aromatic rings. The molecule has 0 saturated carbocycles. The number of carbonyl (C=O) groups is 2. The fourth-order valence-electron chi connectivity index (χ4n) is 2.69. The Morgan fingerprint density at radius 2 is 1.95 bits per heavy atom. The van der Waals surface area contributed by atoms with Gasteiger partial charge in [-0.15, -0.1) is 0 Å². The van der Waals surface area contributed by atoms with Gasteiger partial charge in [0.15, 0.2) is 5.69 Å². The van der Waals surface area contributed by atoms with Gasteiger partial charge in [-0.2, -0.15) is 5.10 Å². The van der Waals surface area contributed by atoms with E-state index >= 15 is 0 Å². The van der Waals surface area contributed by atoms with Crippen LogP contribution >= 0.6 is 0 Å². The second-order valence-electron chi connectivity index (χ2n) is 5.08. The molecular formula is C15H15N3O3. The van der Waals surface area contributed by atoms with Gasteiger partial charge in [-0.25, -0.2) is 4.79 Å². The van der Waals surface area contributed by atoms with Crippen molar-refractivity contribution >= 4 is 11.9 Å². The molecule has 0 bridgehead atoms. The molecule has 0 spiro atoms. The molecule has 21 heavy (non-hydrogen) atoms. The number of fused-ring (bicyclic) bond motifs is 1. The quantitative estimate of drug-likeness (QED) is 0.903. The molecule has 0 fully saturated rings. The maximum absolute atomic E-state index is 12.6. The predicted molar refractivity (Wildman–Crippen MR) is 75.1 cm³/mol. The molecule has 1 N–H and O–H groups in total. The van der Waals surface area contributed by atoms with Crippen LogP contribution in [0.1, 0.15) is 32.0 Å². The highest BCUT2D eigenvalue weighted by Gasteiger charge is 2.27. The molecule has 0 saturated heterocycles. The number of hydrogen-bond acceptors (Lipinski definition) is 3. The molecular weight excluding hydrogens is 270 g/mol. The van der Waals surface area contributed by atoms with E-state index in [-0.39, 0.29) is 17.2 Å². The number of carbonyl (C=O) groups excluding carboxylic acids is 1. The first-order valence-corrected chi connectivity index (χ1v) is 6.69. The summed E-state index contributed by atoms with van der Waals surface area (Å²) in [7, 11) is 1.52. The van der Waals surface area contributed by atoms with Crippen molar-refractivity contribution in [2.75, 3.05) is 6.54 Å². The van der Waals surface area contributed by atoms with Gasteiger partial charge in [0.1, 0.15) is 0 Å². The van der Waals surface area contributed by atoms with Crippen LogP contribution < -0.4 is 0 Å². The number of rotatable bonds is 2. The molecule has 0 aliphatic carbocycles. The Labute approximate surface area is 121 Å². The van der Waals surface area contributed by atoms with E-state index in [1.165, 1.54) is 23.5 Å². The van der Waals surface area contributed by atoms with E-state index in [9.17, 15) is 14.7 Å². The largest absolute Gasteiger partial charge is 0.477 e. The van der Waals surface area contributed by atoms with Gasteiger partial charge in [-0.3, -0.25) is 9.48 Å². The minimum absolute atomic E-state index is 0.0705. The van der Waals surface area contributed by atoms with Crippen molar-refractivity contribution in [3.05, 3.63) is 52.8 Å². The molecule has 1 aliphatic rings. The SMILES string of the molecule is Cn1ncc(C(=O)N2CCc3ccccc3C2)c1C(=O)O. The minimum atomic E-state index is -1.14. The number of nitrogens with zero attached hydrogens (tertiary/aromatic N) is 3. The fraction of sp³-hybridized carbons (Fsp3) is 0.267. The number of aromatic carboxylic acids is 1. The maximum atomic E-state index is 12.6. The number of amides is 1. The van der Waals surface area contributed by atoms with Gasteiger partial charge in [-0.05, 0) is 17.5 Å². The number of benzene rings is 1. The molecule has 1 aliphatic heterocycles. The predicted octanol–water partition coefficient (Wildman–Crippen LogP) is 1.32. The zero-order valence-corrected chi connectivity index (χ0v) is 11.6. The van der Waals surface area contributed by atoms with Crippen molar-refractivity contribution < 1.29 is 14.7 Å². The number of aryl methyl sites for hydroxylation is 1. The van der Waals surface area contributed by atoms with Crippen molar-refractivity contribution in [1.82, 2.24) is 14.7 Å². The van der Waals surface area contributed by atoms with Crippen LogP contribution in [0, 0.1) is 0 Å². The Bertz CT molecular complexity index is 721. The molecule has 2 heterocycles. The van der Waals surface area contributed by atoms with E-state index in [1.54, 1.807) is 4.90 Å². The normalized spacial score (nSPS) is 13.9. The second kappa shape index (κ2) is 5.05. The topological polar surface area (TPSA) is 75.4 Å². The van der Waals surface area contributed by atoms with Crippen molar-refractivity contribution in [2.24, 2.45) is 7.05 Å². The van der Waals surface area contributed by atoms with Crippen molar-refractivity contribution in [3.63, 3.8) is 0 Å². The van der Waals surface area contributed by atoms with Gasteiger partial charge in [-0.1, -0.05) is 24.3 Å². The van der Waals surface area contributed by atoms with Crippen molar-refractivity contribution in [1.29, 1.82) is 0 Å². The summed E-state index contributed by atoms with van der Waals surface area (Å²) in [6, 6.07) is 7.99. The van der Waals surface area contributed by atoms with E-state index in [0.29, 0.717) is 13.1 Å².